The van der Waals surface area contributed by atoms with E-state index in [1.807, 2.05) is 12.2 Å². The second-order valence-corrected chi connectivity index (χ2v) is 6.96. The summed E-state index contributed by atoms with van der Waals surface area (Å²) in [5, 5.41) is 0. The molecular formula is C19H19FN2O3. The van der Waals surface area contributed by atoms with Crippen molar-refractivity contribution >= 4 is 17.7 Å². The molecule has 0 spiro atoms. The highest BCUT2D eigenvalue weighted by atomic mass is 19.1. The maximum absolute atomic E-state index is 12.9. The molecule has 1 aliphatic carbocycles. The van der Waals surface area contributed by atoms with Crippen LogP contribution in [0.4, 0.5) is 4.39 Å². The zero-order valence-electron chi connectivity index (χ0n) is 13.7. The predicted molar refractivity (Wildman–Crippen MR) is 87.7 cm³/mol. The monoisotopic (exact) mass is 342 g/mol. The third-order valence-corrected chi connectivity index (χ3v) is 5.39. The Bertz CT molecular complexity index is 726. The largest absolute Gasteiger partial charge is 0.338 e. The van der Waals surface area contributed by atoms with Crippen LogP contribution in [0, 0.1) is 17.7 Å². The number of fused-ring (bicyclic) bond motifs is 1. The molecule has 2 atom stereocenters. The summed E-state index contributed by atoms with van der Waals surface area (Å²) in [7, 11) is 0. The fourth-order valence-corrected chi connectivity index (χ4v) is 3.90. The minimum atomic E-state index is -0.331. The van der Waals surface area contributed by atoms with Gasteiger partial charge in [-0.05, 0) is 30.5 Å². The van der Waals surface area contributed by atoms with Crippen LogP contribution in [-0.2, 0) is 20.8 Å². The van der Waals surface area contributed by atoms with Crippen molar-refractivity contribution in [2.75, 3.05) is 13.1 Å². The maximum Gasteiger partial charge on any atom is 0.233 e. The van der Waals surface area contributed by atoms with E-state index in [2.05, 4.69) is 0 Å². The lowest BCUT2D eigenvalue weighted by Crippen LogP contribution is -2.62. The quantitative estimate of drug-likeness (QED) is 0.618. The fraction of sp³-hybridized carbons (Fsp3) is 0.421. The van der Waals surface area contributed by atoms with E-state index in [0.29, 0.717) is 25.9 Å². The Hall–Kier alpha value is -2.50. The number of imide groups is 1. The molecule has 0 saturated carbocycles. The van der Waals surface area contributed by atoms with Crippen molar-refractivity contribution in [1.29, 1.82) is 0 Å². The SMILES string of the molecule is O=C(Cc1ccc(F)cc1)N1CC(N2C(=O)[C@H]3CC=CC[C@@H]3C2=O)C1. The summed E-state index contributed by atoms with van der Waals surface area (Å²) in [5.74, 6) is -1.02. The highest BCUT2D eigenvalue weighted by Gasteiger charge is 2.52. The molecule has 25 heavy (non-hydrogen) atoms. The normalized spacial score (nSPS) is 26.0. The van der Waals surface area contributed by atoms with E-state index < -0.39 is 0 Å². The minimum Gasteiger partial charge on any atom is -0.338 e. The predicted octanol–water partition coefficient (Wildman–Crippen LogP) is 1.53. The first-order valence-corrected chi connectivity index (χ1v) is 8.58. The summed E-state index contributed by atoms with van der Waals surface area (Å²) in [6, 6.07) is 5.64. The highest BCUT2D eigenvalue weighted by Crippen LogP contribution is 2.37. The molecule has 4 rings (SSSR count). The van der Waals surface area contributed by atoms with Crippen LogP contribution in [0.5, 0.6) is 0 Å². The van der Waals surface area contributed by atoms with Gasteiger partial charge >= 0.3 is 0 Å². The van der Waals surface area contributed by atoms with E-state index in [9.17, 15) is 18.8 Å². The van der Waals surface area contributed by atoms with Crippen molar-refractivity contribution in [1.82, 2.24) is 9.80 Å². The highest BCUT2D eigenvalue weighted by molar-refractivity contribution is 6.06. The summed E-state index contributed by atoms with van der Waals surface area (Å²) >= 11 is 0. The van der Waals surface area contributed by atoms with Crippen LogP contribution in [0.3, 0.4) is 0 Å². The van der Waals surface area contributed by atoms with Crippen molar-refractivity contribution in [2.45, 2.75) is 25.3 Å². The van der Waals surface area contributed by atoms with Crippen LogP contribution in [0.15, 0.2) is 36.4 Å². The van der Waals surface area contributed by atoms with Crippen molar-refractivity contribution in [2.24, 2.45) is 11.8 Å². The molecular weight excluding hydrogens is 323 g/mol. The van der Waals surface area contributed by atoms with Gasteiger partial charge in [-0.3, -0.25) is 19.3 Å². The molecule has 2 fully saturated rings. The van der Waals surface area contributed by atoms with Gasteiger partial charge in [-0.15, -0.1) is 0 Å². The number of rotatable bonds is 3. The van der Waals surface area contributed by atoms with Crippen molar-refractivity contribution in [3.05, 3.63) is 47.8 Å². The first-order chi connectivity index (χ1) is 12.0. The van der Waals surface area contributed by atoms with Gasteiger partial charge < -0.3 is 4.90 Å². The van der Waals surface area contributed by atoms with Crippen LogP contribution >= 0.6 is 0 Å². The molecule has 1 aromatic rings. The van der Waals surface area contributed by atoms with Gasteiger partial charge in [0.15, 0.2) is 0 Å². The Labute approximate surface area is 145 Å². The van der Waals surface area contributed by atoms with Crippen LogP contribution in [0.1, 0.15) is 18.4 Å². The van der Waals surface area contributed by atoms with Gasteiger partial charge in [0.1, 0.15) is 5.82 Å². The standard InChI is InChI=1S/C19H19FN2O3/c20-13-7-5-12(6-8-13)9-17(23)21-10-14(11-21)22-18(24)15-3-1-2-4-16(15)19(22)25/h1-2,5-8,14-16H,3-4,9-11H2/t15-,16-/m0/s1. The number of halogens is 1. The number of hydrogen-bond acceptors (Lipinski definition) is 3. The molecule has 130 valence electrons. The molecule has 0 radical (unpaired) electrons. The maximum atomic E-state index is 12.9. The van der Waals surface area contributed by atoms with E-state index in [1.54, 1.807) is 17.0 Å². The number of likely N-dealkylation sites (tertiary alicyclic amines) is 2. The van der Waals surface area contributed by atoms with Gasteiger partial charge in [-0.25, -0.2) is 4.39 Å². The van der Waals surface area contributed by atoms with Crippen LogP contribution in [0.25, 0.3) is 0 Å². The Kier molecular flexibility index (Phi) is 3.90. The second kappa shape index (κ2) is 6.10. The average molecular weight is 342 g/mol. The van der Waals surface area contributed by atoms with Crippen molar-refractivity contribution < 1.29 is 18.8 Å². The molecule has 2 saturated heterocycles. The van der Waals surface area contributed by atoms with E-state index in [-0.39, 0.29) is 47.8 Å². The van der Waals surface area contributed by atoms with Crippen LogP contribution < -0.4 is 0 Å². The number of carbonyl (C=O) groups is 3. The molecule has 2 aliphatic heterocycles. The lowest BCUT2D eigenvalue weighted by Gasteiger charge is -2.43. The van der Waals surface area contributed by atoms with Crippen LogP contribution in [-0.4, -0.2) is 46.7 Å². The minimum absolute atomic E-state index is 0.0685. The van der Waals surface area contributed by atoms with E-state index in [0.717, 1.165) is 5.56 Å². The Balaban J connectivity index is 1.35. The van der Waals surface area contributed by atoms with Gasteiger partial charge in [-0.2, -0.15) is 0 Å². The fourth-order valence-electron chi connectivity index (χ4n) is 3.90. The van der Waals surface area contributed by atoms with E-state index in [4.69, 9.17) is 0 Å². The molecule has 0 N–H and O–H groups in total. The number of benzene rings is 1. The average Bonchev–Trinajstić information content (AvgIpc) is 2.81. The molecule has 0 aromatic heterocycles. The first-order valence-electron chi connectivity index (χ1n) is 8.58. The summed E-state index contributed by atoms with van der Waals surface area (Å²) < 4.78 is 12.9. The summed E-state index contributed by atoms with van der Waals surface area (Å²) in [6.45, 7) is 0.786. The Morgan fingerprint density at radius 3 is 2.12 bits per heavy atom. The molecule has 0 unspecified atom stereocenters. The molecule has 3 amide bonds. The molecule has 1 aromatic carbocycles. The summed E-state index contributed by atoms with van der Waals surface area (Å²) in [6.07, 6.45) is 5.39. The van der Waals surface area contributed by atoms with Crippen molar-refractivity contribution in [3.63, 3.8) is 0 Å². The molecule has 6 heteroatoms. The first kappa shape index (κ1) is 16.0. The molecule has 3 aliphatic rings. The number of carbonyl (C=O) groups excluding carboxylic acids is 3. The third kappa shape index (κ3) is 2.75. The molecule has 2 heterocycles. The van der Waals surface area contributed by atoms with E-state index in [1.165, 1.54) is 17.0 Å². The molecule has 0 bridgehead atoms. The van der Waals surface area contributed by atoms with Gasteiger partial charge in [0.05, 0.1) is 24.3 Å². The molecule has 5 nitrogen and oxygen atoms in total. The summed E-state index contributed by atoms with van der Waals surface area (Å²) in [4.78, 5) is 40.4. The smallest absolute Gasteiger partial charge is 0.233 e. The van der Waals surface area contributed by atoms with E-state index >= 15 is 0 Å². The van der Waals surface area contributed by atoms with Gasteiger partial charge in [0.2, 0.25) is 17.7 Å². The topological polar surface area (TPSA) is 57.7 Å². The third-order valence-electron chi connectivity index (χ3n) is 5.39. The van der Waals surface area contributed by atoms with Crippen molar-refractivity contribution in [3.8, 4) is 0 Å². The Morgan fingerprint density at radius 1 is 1.00 bits per heavy atom. The number of allylic oxidation sites excluding steroid dienone is 2. The summed E-state index contributed by atoms with van der Waals surface area (Å²) in [5.41, 5.74) is 0.750. The number of hydrogen-bond donors (Lipinski definition) is 0. The lowest BCUT2D eigenvalue weighted by atomic mass is 9.85. The lowest BCUT2D eigenvalue weighted by molar-refractivity contribution is -0.152. The number of nitrogens with zero attached hydrogens (tertiary/aromatic N) is 2. The van der Waals surface area contributed by atoms with Gasteiger partial charge in [0, 0.05) is 13.1 Å². The van der Waals surface area contributed by atoms with Gasteiger partial charge in [0.25, 0.3) is 0 Å². The zero-order valence-corrected chi connectivity index (χ0v) is 13.7. The second-order valence-electron chi connectivity index (χ2n) is 6.96. The Morgan fingerprint density at radius 2 is 1.56 bits per heavy atom. The zero-order chi connectivity index (χ0) is 17.6. The number of amides is 3. The van der Waals surface area contributed by atoms with Crippen LogP contribution in [0.2, 0.25) is 0 Å². The van der Waals surface area contributed by atoms with Gasteiger partial charge in [-0.1, -0.05) is 24.3 Å².